The second kappa shape index (κ2) is 6.92. The molecule has 0 atom stereocenters. The Labute approximate surface area is 154 Å². The Kier molecular flexibility index (Phi) is 4.30. The first-order chi connectivity index (χ1) is 13.2. The van der Waals surface area contributed by atoms with Gasteiger partial charge >= 0.3 is 5.97 Å². The van der Waals surface area contributed by atoms with Crippen molar-refractivity contribution in [2.24, 2.45) is 0 Å². The van der Waals surface area contributed by atoms with Gasteiger partial charge in [-0.05, 0) is 42.0 Å². The van der Waals surface area contributed by atoms with Gasteiger partial charge in [0.1, 0.15) is 0 Å². The van der Waals surface area contributed by atoms with Gasteiger partial charge in [-0.3, -0.25) is 4.79 Å². The molecule has 134 valence electrons. The van der Waals surface area contributed by atoms with E-state index in [-0.39, 0.29) is 11.3 Å². The molecular weight excluding hydrogens is 344 g/mol. The molecule has 0 bridgehead atoms. The second-order valence-electron chi connectivity index (χ2n) is 6.01. The summed E-state index contributed by atoms with van der Waals surface area (Å²) in [6.45, 7) is 0.344. The SMILES string of the molecule is COC(=O)c1ccc(Cn2c(=O)c(-c3ccco3)nc3ccccc32)cc1. The van der Waals surface area contributed by atoms with Crippen molar-refractivity contribution >= 4 is 17.0 Å². The molecule has 6 nitrogen and oxygen atoms in total. The van der Waals surface area contributed by atoms with Crippen LogP contribution >= 0.6 is 0 Å². The lowest BCUT2D eigenvalue weighted by molar-refractivity contribution is 0.0600. The number of esters is 1. The van der Waals surface area contributed by atoms with Gasteiger partial charge in [0.15, 0.2) is 11.5 Å². The first-order valence-electron chi connectivity index (χ1n) is 8.38. The summed E-state index contributed by atoms with van der Waals surface area (Å²) in [7, 11) is 1.34. The summed E-state index contributed by atoms with van der Waals surface area (Å²) in [5, 5.41) is 0. The molecule has 0 fully saturated rings. The first-order valence-corrected chi connectivity index (χ1v) is 8.38. The van der Waals surface area contributed by atoms with Crippen LogP contribution in [0.25, 0.3) is 22.5 Å². The molecule has 0 aliphatic heterocycles. The van der Waals surface area contributed by atoms with E-state index < -0.39 is 5.97 Å². The number of carbonyl (C=O) groups is 1. The molecule has 0 unspecified atom stereocenters. The third-order valence-electron chi connectivity index (χ3n) is 4.32. The molecule has 2 aromatic carbocycles. The van der Waals surface area contributed by atoms with Gasteiger partial charge in [-0.1, -0.05) is 24.3 Å². The van der Waals surface area contributed by atoms with Gasteiger partial charge in [0.2, 0.25) is 0 Å². The highest BCUT2D eigenvalue weighted by Crippen LogP contribution is 2.19. The molecule has 0 amide bonds. The summed E-state index contributed by atoms with van der Waals surface area (Å²) in [5.74, 6) is 0.0359. The van der Waals surface area contributed by atoms with Crippen molar-refractivity contribution in [3.05, 3.63) is 88.4 Å². The van der Waals surface area contributed by atoms with Gasteiger partial charge in [-0.15, -0.1) is 0 Å². The molecular formula is C21H16N2O4. The van der Waals surface area contributed by atoms with E-state index in [0.717, 1.165) is 11.1 Å². The minimum Gasteiger partial charge on any atom is -0.465 e. The van der Waals surface area contributed by atoms with Crippen LogP contribution in [0.1, 0.15) is 15.9 Å². The number of ether oxygens (including phenoxy) is 1. The highest BCUT2D eigenvalue weighted by molar-refractivity contribution is 5.89. The Morgan fingerprint density at radius 1 is 1.07 bits per heavy atom. The average molecular weight is 360 g/mol. The molecule has 6 heteroatoms. The van der Waals surface area contributed by atoms with Crippen molar-refractivity contribution in [1.82, 2.24) is 9.55 Å². The van der Waals surface area contributed by atoms with E-state index in [1.165, 1.54) is 13.4 Å². The minimum atomic E-state index is -0.395. The number of fused-ring (bicyclic) bond motifs is 1. The maximum absolute atomic E-state index is 13.1. The lowest BCUT2D eigenvalue weighted by Crippen LogP contribution is -2.24. The summed E-state index contributed by atoms with van der Waals surface area (Å²) in [4.78, 5) is 29.1. The molecule has 0 spiro atoms. The van der Waals surface area contributed by atoms with Crippen LogP contribution in [0.5, 0.6) is 0 Å². The van der Waals surface area contributed by atoms with E-state index in [1.807, 2.05) is 24.3 Å². The lowest BCUT2D eigenvalue weighted by atomic mass is 10.1. The van der Waals surface area contributed by atoms with Crippen LogP contribution in [0, 0.1) is 0 Å². The zero-order chi connectivity index (χ0) is 18.8. The maximum Gasteiger partial charge on any atom is 0.337 e. The van der Waals surface area contributed by atoms with Gasteiger partial charge in [0.25, 0.3) is 5.56 Å². The third kappa shape index (κ3) is 3.13. The molecule has 0 saturated carbocycles. The van der Waals surface area contributed by atoms with Crippen molar-refractivity contribution in [2.45, 2.75) is 6.54 Å². The molecule has 0 N–H and O–H groups in total. The van der Waals surface area contributed by atoms with Crippen molar-refractivity contribution in [3.63, 3.8) is 0 Å². The van der Waals surface area contributed by atoms with Crippen LogP contribution in [0.3, 0.4) is 0 Å². The molecule has 0 radical (unpaired) electrons. The number of para-hydroxylation sites is 2. The van der Waals surface area contributed by atoms with Gasteiger partial charge in [-0.2, -0.15) is 0 Å². The van der Waals surface area contributed by atoms with E-state index in [4.69, 9.17) is 9.15 Å². The van der Waals surface area contributed by atoms with Gasteiger partial charge in [0, 0.05) is 0 Å². The Balaban J connectivity index is 1.82. The van der Waals surface area contributed by atoms with Gasteiger partial charge in [0.05, 0.1) is 36.5 Å². The van der Waals surface area contributed by atoms with Crippen LogP contribution in [0.2, 0.25) is 0 Å². The van der Waals surface area contributed by atoms with Gasteiger partial charge in [-0.25, -0.2) is 9.78 Å². The Morgan fingerprint density at radius 3 is 2.56 bits per heavy atom. The third-order valence-corrected chi connectivity index (χ3v) is 4.32. The van der Waals surface area contributed by atoms with E-state index in [0.29, 0.717) is 23.4 Å². The quantitative estimate of drug-likeness (QED) is 0.521. The van der Waals surface area contributed by atoms with E-state index >= 15 is 0 Å². The van der Waals surface area contributed by atoms with Crippen molar-refractivity contribution < 1.29 is 13.9 Å². The number of furan rings is 1. The zero-order valence-electron chi connectivity index (χ0n) is 14.6. The number of benzene rings is 2. The monoisotopic (exact) mass is 360 g/mol. The molecule has 2 heterocycles. The number of rotatable bonds is 4. The largest absolute Gasteiger partial charge is 0.465 e. The van der Waals surface area contributed by atoms with Crippen molar-refractivity contribution in [1.29, 1.82) is 0 Å². The predicted molar refractivity (Wildman–Crippen MR) is 101 cm³/mol. The average Bonchev–Trinajstić information content (AvgIpc) is 3.24. The van der Waals surface area contributed by atoms with Gasteiger partial charge < -0.3 is 13.7 Å². The van der Waals surface area contributed by atoms with Crippen LogP contribution in [-0.4, -0.2) is 22.6 Å². The summed E-state index contributed by atoms with van der Waals surface area (Å²) >= 11 is 0. The molecule has 2 aromatic heterocycles. The number of carbonyl (C=O) groups excluding carboxylic acids is 1. The number of hydrogen-bond donors (Lipinski definition) is 0. The molecule has 4 aromatic rings. The van der Waals surface area contributed by atoms with Crippen LogP contribution in [-0.2, 0) is 11.3 Å². The second-order valence-corrected chi connectivity index (χ2v) is 6.01. The standard InChI is InChI=1S/C21H16N2O4/c1-26-21(25)15-10-8-14(9-11-15)13-23-17-6-3-2-5-16(17)22-19(20(23)24)18-7-4-12-27-18/h2-12H,13H2,1H3. The summed E-state index contributed by atoms with van der Waals surface area (Å²) in [6.07, 6.45) is 1.52. The van der Waals surface area contributed by atoms with Crippen molar-refractivity contribution in [2.75, 3.05) is 7.11 Å². The summed E-state index contributed by atoms with van der Waals surface area (Å²) in [6, 6.07) is 17.9. The fourth-order valence-corrected chi connectivity index (χ4v) is 2.97. The predicted octanol–water partition coefficient (Wildman–Crippen LogP) is 3.49. The topological polar surface area (TPSA) is 74.3 Å². The highest BCUT2D eigenvalue weighted by atomic mass is 16.5. The zero-order valence-corrected chi connectivity index (χ0v) is 14.6. The van der Waals surface area contributed by atoms with Crippen LogP contribution < -0.4 is 5.56 Å². The van der Waals surface area contributed by atoms with E-state index in [9.17, 15) is 9.59 Å². The Bertz CT molecular complexity index is 1160. The summed E-state index contributed by atoms with van der Waals surface area (Å²) < 4.78 is 11.8. The molecule has 0 aliphatic rings. The summed E-state index contributed by atoms with van der Waals surface area (Å²) in [5.41, 5.74) is 2.81. The van der Waals surface area contributed by atoms with Crippen LogP contribution in [0.4, 0.5) is 0 Å². The number of methoxy groups -OCH3 is 1. The maximum atomic E-state index is 13.1. The van der Waals surface area contributed by atoms with E-state index in [2.05, 4.69) is 4.98 Å². The van der Waals surface area contributed by atoms with Crippen molar-refractivity contribution in [3.8, 4) is 11.5 Å². The first kappa shape index (κ1) is 16.8. The Morgan fingerprint density at radius 2 is 1.85 bits per heavy atom. The van der Waals surface area contributed by atoms with E-state index in [1.54, 1.807) is 41.0 Å². The normalized spacial score (nSPS) is 10.9. The molecule has 0 saturated heterocycles. The fraction of sp³-hybridized carbons (Fsp3) is 0.0952. The highest BCUT2D eigenvalue weighted by Gasteiger charge is 2.15. The molecule has 0 aliphatic carbocycles. The number of aromatic nitrogens is 2. The minimum absolute atomic E-state index is 0.235. The molecule has 27 heavy (non-hydrogen) atoms. The van der Waals surface area contributed by atoms with Crippen LogP contribution in [0.15, 0.2) is 76.1 Å². The fourth-order valence-electron chi connectivity index (χ4n) is 2.97. The number of nitrogens with zero attached hydrogens (tertiary/aromatic N) is 2. The smallest absolute Gasteiger partial charge is 0.337 e. The Hall–Kier alpha value is -3.67. The lowest BCUT2D eigenvalue weighted by Gasteiger charge is -2.12. The molecule has 4 rings (SSSR count). The number of hydrogen-bond acceptors (Lipinski definition) is 5.